The van der Waals surface area contributed by atoms with Gasteiger partial charge >= 0.3 is 6.09 Å². The zero-order chi connectivity index (χ0) is 30.2. The first-order chi connectivity index (χ1) is 20.9. The molecule has 14 heteroatoms. The highest BCUT2D eigenvalue weighted by Crippen LogP contribution is 2.24. The normalized spacial score (nSPS) is 10.5. The predicted molar refractivity (Wildman–Crippen MR) is 162 cm³/mol. The van der Waals surface area contributed by atoms with E-state index < -0.39 is 6.09 Å². The van der Waals surface area contributed by atoms with E-state index in [0.29, 0.717) is 29.4 Å². The number of nitrogens with one attached hydrogen (secondary N) is 4. The van der Waals surface area contributed by atoms with Gasteiger partial charge in [0.15, 0.2) is 5.82 Å². The van der Waals surface area contributed by atoms with Crippen molar-refractivity contribution in [3.63, 3.8) is 0 Å². The molecule has 0 saturated heterocycles. The number of aromatic nitrogens is 6. The molecule has 0 unspecified atom stereocenters. The summed E-state index contributed by atoms with van der Waals surface area (Å²) in [6, 6.07) is 22.2. The lowest BCUT2D eigenvalue weighted by atomic mass is 10.2. The molecule has 0 atom stereocenters. The molecule has 5 rings (SSSR count). The molecule has 14 nitrogen and oxygen atoms in total. The van der Waals surface area contributed by atoms with E-state index in [-0.39, 0.29) is 6.61 Å². The average Bonchev–Trinajstić information content (AvgIpc) is 3.37. The van der Waals surface area contributed by atoms with Gasteiger partial charge in [-0.3, -0.25) is 5.32 Å². The topological polar surface area (TPSA) is 162 Å². The molecule has 0 fully saturated rings. The van der Waals surface area contributed by atoms with Crippen molar-refractivity contribution >= 4 is 46.8 Å². The molecule has 2 heterocycles. The number of nitrogens with zero attached hydrogens (tertiary/aromatic N) is 6. The van der Waals surface area contributed by atoms with Gasteiger partial charge in [0.1, 0.15) is 11.5 Å². The lowest BCUT2D eigenvalue weighted by molar-refractivity contribution is 0.168. The van der Waals surface area contributed by atoms with E-state index in [1.807, 2.05) is 72.8 Å². The van der Waals surface area contributed by atoms with Crippen molar-refractivity contribution in [2.45, 2.75) is 13.8 Å². The maximum Gasteiger partial charge on any atom is 0.412 e. The number of hydrogen-bond acceptors (Lipinski definition) is 12. The van der Waals surface area contributed by atoms with Crippen LogP contribution in [0.5, 0.6) is 11.5 Å². The highest BCUT2D eigenvalue weighted by molar-refractivity contribution is 5.83. The third-order valence-electron chi connectivity index (χ3n) is 6.09. The van der Waals surface area contributed by atoms with Gasteiger partial charge < -0.3 is 30.2 Å². The van der Waals surface area contributed by atoms with Gasteiger partial charge in [-0.2, -0.15) is 15.0 Å². The quantitative estimate of drug-likeness (QED) is 0.153. The van der Waals surface area contributed by atoms with Crippen LogP contribution in [0.25, 0.3) is 5.69 Å². The zero-order valence-corrected chi connectivity index (χ0v) is 24.0. The Bertz CT molecular complexity index is 1610. The van der Waals surface area contributed by atoms with Crippen LogP contribution in [0.4, 0.5) is 45.5 Å². The fourth-order valence-corrected chi connectivity index (χ4v) is 3.92. The third-order valence-corrected chi connectivity index (χ3v) is 6.09. The number of anilines is 7. The maximum absolute atomic E-state index is 11.8. The molecule has 0 aliphatic rings. The van der Waals surface area contributed by atoms with E-state index in [0.717, 1.165) is 34.2 Å². The van der Waals surface area contributed by atoms with E-state index in [1.54, 1.807) is 32.7 Å². The van der Waals surface area contributed by atoms with E-state index in [2.05, 4.69) is 46.5 Å². The lowest BCUT2D eigenvalue weighted by Crippen LogP contribution is -2.14. The van der Waals surface area contributed by atoms with Gasteiger partial charge in [0.2, 0.25) is 17.8 Å². The Morgan fingerprint density at radius 2 is 1.16 bits per heavy atom. The third kappa shape index (κ3) is 7.24. The molecular formula is C29H30N10O4. The van der Waals surface area contributed by atoms with Crippen molar-refractivity contribution in [3.8, 4) is 17.2 Å². The van der Waals surface area contributed by atoms with E-state index >= 15 is 0 Å². The summed E-state index contributed by atoms with van der Waals surface area (Å²) in [7, 11) is 3.23. The van der Waals surface area contributed by atoms with Gasteiger partial charge in [-0.15, -0.1) is 5.10 Å². The number of carbonyl (C=O) groups excluding carboxylic acids is 1. The van der Waals surface area contributed by atoms with Crippen LogP contribution in [-0.2, 0) is 4.74 Å². The number of benzene rings is 3. The molecule has 0 aliphatic carbocycles. The fourth-order valence-electron chi connectivity index (χ4n) is 3.92. The minimum atomic E-state index is -0.587. The van der Waals surface area contributed by atoms with Crippen molar-refractivity contribution < 1.29 is 19.0 Å². The number of rotatable bonds is 11. The Balaban J connectivity index is 1.37. The molecule has 0 spiro atoms. The van der Waals surface area contributed by atoms with Crippen LogP contribution >= 0.6 is 0 Å². The van der Waals surface area contributed by atoms with Crippen LogP contribution in [0.15, 0.2) is 72.8 Å². The lowest BCUT2D eigenvalue weighted by Gasteiger charge is -2.12. The smallest absolute Gasteiger partial charge is 0.412 e. The van der Waals surface area contributed by atoms with E-state index in [1.165, 1.54) is 0 Å². The highest BCUT2D eigenvalue weighted by atomic mass is 16.5. The van der Waals surface area contributed by atoms with Crippen LogP contribution < -0.4 is 30.7 Å². The maximum atomic E-state index is 11.8. The van der Waals surface area contributed by atoms with Gasteiger partial charge in [0.05, 0.1) is 32.2 Å². The predicted octanol–water partition coefficient (Wildman–Crippen LogP) is 5.58. The first kappa shape index (κ1) is 28.6. The van der Waals surface area contributed by atoms with Crippen molar-refractivity contribution in [1.82, 2.24) is 29.9 Å². The fraction of sp³-hybridized carbons (Fsp3) is 0.172. The van der Waals surface area contributed by atoms with Gasteiger partial charge in [-0.25, -0.2) is 9.48 Å². The molecule has 4 N–H and O–H groups in total. The Morgan fingerprint density at radius 1 is 0.721 bits per heavy atom. The molecule has 0 radical (unpaired) electrons. The molecule has 220 valence electrons. The Morgan fingerprint density at radius 3 is 1.58 bits per heavy atom. The summed E-state index contributed by atoms with van der Waals surface area (Å²) in [5, 5.41) is 20.4. The second kappa shape index (κ2) is 13.2. The standard InChI is InChI=1S/C29H30N10O4/c1-5-43-29(40)33-25-18(2)39(38-37-25)22-12-6-19(7-13-22)30-26-34-27(31-20-8-14-23(41-3)15-9-20)36-28(35-26)32-21-10-16-24(42-4)17-11-21/h6-17H,5H2,1-4H3,(H,33,40)(H3,30,31,32,34,35,36). The van der Waals surface area contributed by atoms with Crippen LogP contribution in [-0.4, -0.2) is 56.9 Å². The molecule has 5 aromatic rings. The number of ether oxygens (including phenoxy) is 3. The van der Waals surface area contributed by atoms with Gasteiger partial charge in [0.25, 0.3) is 0 Å². The van der Waals surface area contributed by atoms with Crippen molar-refractivity contribution in [3.05, 3.63) is 78.5 Å². The summed E-state index contributed by atoms with van der Waals surface area (Å²) in [5.74, 6) is 2.76. The largest absolute Gasteiger partial charge is 0.497 e. The van der Waals surface area contributed by atoms with Crippen molar-refractivity contribution in [2.75, 3.05) is 42.1 Å². The SMILES string of the molecule is CCOC(=O)Nc1nnn(-c2ccc(Nc3nc(Nc4ccc(OC)cc4)nc(Nc4ccc(OC)cc4)n3)cc2)c1C. The monoisotopic (exact) mass is 582 g/mol. The number of amides is 1. The molecule has 0 aliphatic heterocycles. The molecule has 0 saturated carbocycles. The Labute approximate surface area is 247 Å². The summed E-state index contributed by atoms with van der Waals surface area (Å²) in [6.45, 7) is 3.78. The summed E-state index contributed by atoms with van der Waals surface area (Å²) in [4.78, 5) is 25.4. The highest BCUT2D eigenvalue weighted by Gasteiger charge is 2.14. The molecule has 3 aromatic carbocycles. The Kier molecular flexibility index (Phi) is 8.76. The number of methoxy groups -OCH3 is 2. The second-order valence-electron chi connectivity index (χ2n) is 8.97. The van der Waals surface area contributed by atoms with E-state index in [4.69, 9.17) is 14.2 Å². The van der Waals surface area contributed by atoms with Crippen molar-refractivity contribution in [2.24, 2.45) is 0 Å². The van der Waals surface area contributed by atoms with Crippen LogP contribution in [0.1, 0.15) is 12.6 Å². The van der Waals surface area contributed by atoms with E-state index in [9.17, 15) is 4.79 Å². The van der Waals surface area contributed by atoms with Crippen LogP contribution in [0, 0.1) is 6.92 Å². The van der Waals surface area contributed by atoms with Crippen LogP contribution in [0.2, 0.25) is 0 Å². The van der Waals surface area contributed by atoms with Crippen LogP contribution in [0.3, 0.4) is 0 Å². The summed E-state index contributed by atoms with van der Waals surface area (Å²) in [5.41, 5.74) is 3.67. The first-order valence-corrected chi connectivity index (χ1v) is 13.3. The van der Waals surface area contributed by atoms with Gasteiger partial charge in [-0.1, -0.05) is 5.21 Å². The molecule has 43 heavy (non-hydrogen) atoms. The first-order valence-electron chi connectivity index (χ1n) is 13.3. The molecule has 0 bridgehead atoms. The second-order valence-corrected chi connectivity index (χ2v) is 8.97. The summed E-state index contributed by atoms with van der Waals surface area (Å²) >= 11 is 0. The Hall–Kier alpha value is -5.92. The minimum absolute atomic E-state index is 0.257. The number of carbonyl (C=O) groups is 1. The number of hydrogen-bond donors (Lipinski definition) is 4. The molecule has 1 amide bonds. The zero-order valence-electron chi connectivity index (χ0n) is 24.0. The average molecular weight is 583 g/mol. The minimum Gasteiger partial charge on any atom is -0.497 e. The van der Waals surface area contributed by atoms with Gasteiger partial charge in [-0.05, 0) is 86.6 Å². The van der Waals surface area contributed by atoms with Gasteiger partial charge in [0, 0.05) is 17.1 Å². The molecule has 2 aromatic heterocycles. The molecular weight excluding hydrogens is 552 g/mol. The van der Waals surface area contributed by atoms with Crippen molar-refractivity contribution in [1.29, 1.82) is 0 Å². The summed E-state index contributed by atoms with van der Waals surface area (Å²) in [6.07, 6.45) is -0.587. The summed E-state index contributed by atoms with van der Waals surface area (Å²) < 4.78 is 17.0.